The van der Waals surface area contributed by atoms with Crippen molar-refractivity contribution in [2.45, 2.75) is 57.8 Å². The van der Waals surface area contributed by atoms with E-state index in [0.717, 1.165) is 12.0 Å². The maximum Gasteiger partial charge on any atom is 0.407 e. The summed E-state index contributed by atoms with van der Waals surface area (Å²) in [4.78, 5) is 26.7. The van der Waals surface area contributed by atoms with Crippen molar-refractivity contribution in [2.24, 2.45) is 5.73 Å². The van der Waals surface area contributed by atoms with E-state index in [2.05, 4.69) is 10.6 Å². The second kappa shape index (κ2) is 10.5. The van der Waals surface area contributed by atoms with Crippen LogP contribution in [0.25, 0.3) is 0 Å². The van der Waals surface area contributed by atoms with Gasteiger partial charge in [-0.15, -0.1) is 0 Å². The molecule has 2 atom stereocenters. The van der Waals surface area contributed by atoms with E-state index in [1.807, 2.05) is 0 Å². The first-order valence-corrected chi connectivity index (χ1v) is 10.5. The minimum Gasteiger partial charge on any atom is -0.444 e. The van der Waals surface area contributed by atoms with Crippen LogP contribution in [0, 0.1) is 0 Å². The van der Waals surface area contributed by atoms with Crippen LogP contribution in [0.3, 0.4) is 0 Å². The molecule has 0 bridgehead atoms. The number of rotatable bonds is 6. The lowest BCUT2D eigenvalue weighted by Gasteiger charge is -2.25. The van der Waals surface area contributed by atoms with Gasteiger partial charge in [0.05, 0.1) is 6.04 Å². The number of benzene rings is 1. The number of nitrogens with zero attached hydrogens (tertiary/aromatic N) is 1. The van der Waals surface area contributed by atoms with Crippen LogP contribution in [0.5, 0.6) is 0 Å². The van der Waals surface area contributed by atoms with Crippen LogP contribution >= 0.6 is 23.2 Å². The fraction of sp³-hybridized carbons (Fsp3) is 0.600. The number of hydrogen-bond acceptors (Lipinski definition) is 5. The summed E-state index contributed by atoms with van der Waals surface area (Å²) in [5, 5.41) is 7.08. The molecular weight excluding hydrogens is 415 g/mol. The van der Waals surface area contributed by atoms with Gasteiger partial charge in [-0.3, -0.25) is 4.79 Å². The zero-order chi connectivity index (χ0) is 21.6. The number of hydrogen-bond donors (Lipinski definition) is 3. The van der Waals surface area contributed by atoms with E-state index in [1.165, 1.54) is 0 Å². The van der Waals surface area contributed by atoms with Crippen molar-refractivity contribution in [2.75, 3.05) is 19.6 Å². The standard InChI is InChI=1S/C20H30Cl2N4O3/c1-20(2,3)29-19(28)24-6-4-17-18(27)26(7-5-16(11-23)25-17)12-13-8-14(21)10-15(22)9-13/h8-10,16-17,25H,4-7,11-12,23H2,1-3H3,(H,24,28)/t16-,17-/m0/s1. The van der Waals surface area contributed by atoms with Gasteiger partial charge in [0, 0.05) is 42.3 Å². The minimum atomic E-state index is -0.569. The Morgan fingerprint density at radius 2 is 1.97 bits per heavy atom. The van der Waals surface area contributed by atoms with E-state index < -0.39 is 17.7 Å². The molecule has 7 nitrogen and oxygen atoms in total. The Morgan fingerprint density at radius 3 is 2.55 bits per heavy atom. The summed E-state index contributed by atoms with van der Waals surface area (Å²) in [6.45, 7) is 7.13. The summed E-state index contributed by atoms with van der Waals surface area (Å²) in [5.41, 5.74) is 6.15. The smallest absolute Gasteiger partial charge is 0.407 e. The first kappa shape index (κ1) is 23.7. The molecule has 0 aliphatic carbocycles. The normalized spacial score (nSPS) is 20.3. The van der Waals surface area contributed by atoms with Gasteiger partial charge in [-0.05, 0) is 57.4 Å². The van der Waals surface area contributed by atoms with E-state index in [0.29, 0.717) is 42.6 Å². The molecule has 9 heteroatoms. The average Bonchev–Trinajstić information content (AvgIpc) is 2.73. The largest absolute Gasteiger partial charge is 0.444 e. The highest BCUT2D eigenvalue weighted by Crippen LogP contribution is 2.21. The Labute approximate surface area is 182 Å². The predicted molar refractivity (Wildman–Crippen MR) is 115 cm³/mol. The molecule has 162 valence electrons. The molecule has 1 aliphatic rings. The third kappa shape index (κ3) is 8.01. The van der Waals surface area contributed by atoms with Crippen LogP contribution < -0.4 is 16.4 Å². The Morgan fingerprint density at radius 1 is 1.31 bits per heavy atom. The molecule has 2 amide bonds. The summed E-state index contributed by atoms with van der Waals surface area (Å²) >= 11 is 12.2. The molecule has 0 aromatic heterocycles. The van der Waals surface area contributed by atoms with E-state index in [1.54, 1.807) is 43.9 Å². The molecule has 1 aromatic rings. The van der Waals surface area contributed by atoms with Crippen LogP contribution in [0.4, 0.5) is 4.79 Å². The molecular formula is C20H30Cl2N4O3. The Bertz CT molecular complexity index is 704. The summed E-state index contributed by atoms with van der Waals surface area (Å²) < 4.78 is 5.23. The van der Waals surface area contributed by atoms with Gasteiger partial charge in [0.15, 0.2) is 0 Å². The zero-order valence-corrected chi connectivity index (χ0v) is 18.6. The topological polar surface area (TPSA) is 96.7 Å². The van der Waals surface area contributed by atoms with Crippen molar-refractivity contribution in [3.8, 4) is 0 Å². The summed E-state index contributed by atoms with van der Waals surface area (Å²) in [7, 11) is 0. The van der Waals surface area contributed by atoms with Crippen molar-refractivity contribution in [3.05, 3.63) is 33.8 Å². The summed E-state index contributed by atoms with van der Waals surface area (Å²) in [6, 6.07) is 4.85. The Kier molecular flexibility index (Phi) is 8.58. The number of amides is 2. The fourth-order valence-corrected chi connectivity index (χ4v) is 3.76. The van der Waals surface area contributed by atoms with Gasteiger partial charge < -0.3 is 26.0 Å². The predicted octanol–water partition coefficient (Wildman–Crippen LogP) is 2.93. The molecule has 29 heavy (non-hydrogen) atoms. The van der Waals surface area contributed by atoms with Gasteiger partial charge >= 0.3 is 6.09 Å². The number of carbonyl (C=O) groups is 2. The first-order chi connectivity index (χ1) is 13.6. The number of halogens is 2. The SMILES string of the molecule is CC(C)(C)OC(=O)NCC[C@@H]1N[C@H](CN)CCN(Cc2cc(Cl)cc(Cl)c2)C1=O. The quantitative estimate of drug-likeness (QED) is 0.626. The van der Waals surface area contributed by atoms with Gasteiger partial charge in [-0.25, -0.2) is 4.79 Å². The maximum absolute atomic E-state index is 13.1. The molecule has 1 fully saturated rings. The highest BCUT2D eigenvalue weighted by molar-refractivity contribution is 6.34. The van der Waals surface area contributed by atoms with E-state index in [-0.39, 0.29) is 11.9 Å². The molecule has 0 spiro atoms. The van der Waals surface area contributed by atoms with Crippen molar-refractivity contribution in [3.63, 3.8) is 0 Å². The lowest BCUT2D eigenvalue weighted by Crippen LogP contribution is -2.48. The van der Waals surface area contributed by atoms with Crippen LogP contribution in [0.2, 0.25) is 10.0 Å². The molecule has 1 saturated heterocycles. The minimum absolute atomic E-state index is 0.0263. The molecule has 0 unspecified atom stereocenters. The third-order valence-corrected chi connectivity index (χ3v) is 4.91. The number of carbonyl (C=O) groups excluding carboxylic acids is 2. The van der Waals surface area contributed by atoms with Crippen LogP contribution in [0.1, 0.15) is 39.2 Å². The van der Waals surface area contributed by atoms with Crippen LogP contribution in [-0.2, 0) is 16.1 Å². The molecule has 0 radical (unpaired) electrons. The van der Waals surface area contributed by atoms with Gasteiger partial charge in [0.25, 0.3) is 0 Å². The Balaban J connectivity index is 2.01. The van der Waals surface area contributed by atoms with Gasteiger partial charge in [-0.1, -0.05) is 23.2 Å². The lowest BCUT2D eigenvalue weighted by atomic mass is 10.1. The first-order valence-electron chi connectivity index (χ1n) is 9.74. The number of ether oxygens (including phenoxy) is 1. The van der Waals surface area contributed by atoms with Crippen molar-refractivity contribution >= 4 is 35.2 Å². The van der Waals surface area contributed by atoms with E-state index in [4.69, 9.17) is 33.7 Å². The fourth-order valence-electron chi connectivity index (χ4n) is 3.19. The van der Waals surface area contributed by atoms with Crippen LogP contribution in [0.15, 0.2) is 18.2 Å². The molecule has 1 aliphatic heterocycles. The maximum atomic E-state index is 13.1. The highest BCUT2D eigenvalue weighted by atomic mass is 35.5. The molecule has 2 rings (SSSR count). The summed E-state index contributed by atoms with van der Waals surface area (Å²) in [6.07, 6.45) is 0.674. The van der Waals surface area contributed by atoms with Crippen LogP contribution in [-0.4, -0.2) is 54.2 Å². The third-order valence-electron chi connectivity index (χ3n) is 4.48. The van der Waals surface area contributed by atoms with Gasteiger partial charge in [0.2, 0.25) is 5.91 Å². The van der Waals surface area contributed by atoms with Gasteiger partial charge in [-0.2, -0.15) is 0 Å². The zero-order valence-electron chi connectivity index (χ0n) is 17.1. The second-order valence-electron chi connectivity index (χ2n) is 8.20. The van der Waals surface area contributed by atoms with Crippen molar-refractivity contribution in [1.82, 2.24) is 15.5 Å². The van der Waals surface area contributed by atoms with E-state index >= 15 is 0 Å². The highest BCUT2D eigenvalue weighted by Gasteiger charge is 2.30. The molecule has 4 N–H and O–H groups in total. The van der Waals surface area contributed by atoms with Crippen molar-refractivity contribution in [1.29, 1.82) is 0 Å². The molecule has 1 aromatic carbocycles. The molecule has 1 heterocycles. The lowest BCUT2D eigenvalue weighted by molar-refractivity contribution is -0.133. The summed E-state index contributed by atoms with van der Waals surface area (Å²) in [5.74, 6) is -0.0389. The van der Waals surface area contributed by atoms with E-state index in [9.17, 15) is 9.59 Å². The Hall–Kier alpha value is -1.54. The van der Waals surface area contributed by atoms with Crippen molar-refractivity contribution < 1.29 is 14.3 Å². The number of nitrogens with one attached hydrogen (secondary N) is 2. The second-order valence-corrected chi connectivity index (χ2v) is 9.07. The average molecular weight is 445 g/mol. The number of alkyl carbamates (subject to hydrolysis) is 1. The number of nitrogens with two attached hydrogens (primary N) is 1. The molecule has 0 saturated carbocycles. The monoisotopic (exact) mass is 444 g/mol. The van der Waals surface area contributed by atoms with Gasteiger partial charge in [0.1, 0.15) is 5.60 Å².